The van der Waals surface area contributed by atoms with E-state index in [4.69, 9.17) is 25.5 Å². The number of hydrogen-bond donors (Lipinski definition) is 1. The van der Waals surface area contributed by atoms with Crippen molar-refractivity contribution in [1.82, 2.24) is 24.7 Å². The van der Waals surface area contributed by atoms with Gasteiger partial charge < -0.3 is 19.2 Å². The van der Waals surface area contributed by atoms with Crippen LogP contribution in [0.3, 0.4) is 0 Å². The molecule has 3 aromatic heterocycles. The predicted molar refractivity (Wildman–Crippen MR) is 171 cm³/mol. The molecule has 0 saturated heterocycles. The number of anilines is 1. The van der Waals surface area contributed by atoms with Crippen molar-refractivity contribution in [3.05, 3.63) is 66.2 Å². The molecule has 0 spiro atoms. The Morgan fingerprint density at radius 2 is 1.63 bits per heavy atom. The lowest BCUT2D eigenvalue weighted by atomic mass is 10.3. The van der Waals surface area contributed by atoms with Gasteiger partial charge in [-0.2, -0.15) is 5.10 Å². The highest BCUT2D eigenvalue weighted by Gasteiger charge is 2.45. The van der Waals surface area contributed by atoms with E-state index < -0.39 is 20.3 Å². The molecule has 1 N–H and O–H groups in total. The molecule has 0 bridgehead atoms. The average molecular weight is 625 g/mol. The minimum absolute atomic E-state index is 0.0348. The van der Waals surface area contributed by atoms with Gasteiger partial charge >= 0.3 is 0 Å². The van der Waals surface area contributed by atoms with Gasteiger partial charge in [-0.1, -0.05) is 71.3 Å². The molecule has 230 valence electrons. The molecule has 1 aromatic carbocycles. The van der Waals surface area contributed by atoms with Gasteiger partial charge in [0, 0.05) is 6.20 Å². The number of hydrogen-bond acceptors (Lipinski definition) is 8. The number of ether oxygens (including phenoxy) is 2. The second-order valence-electron chi connectivity index (χ2n) is 11.5. The van der Waals surface area contributed by atoms with Crippen LogP contribution in [0.5, 0.6) is 5.88 Å². The summed E-state index contributed by atoms with van der Waals surface area (Å²) < 4.78 is 20.7. The molecule has 43 heavy (non-hydrogen) atoms. The van der Waals surface area contributed by atoms with Gasteiger partial charge in [0.2, 0.25) is 12.0 Å². The fraction of sp³-hybridized carbons (Fsp3) is 0.452. The van der Waals surface area contributed by atoms with Gasteiger partial charge in [0.05, 0.1) is 36.2 Å². The van der Waals surface area contributed by atoms with E-state index in [-0.39, 0.29) is 18.6 Å². The van der Waals surface area contributed by atoms with Gasteiger partial charge in [-0.3, -0.25) is 4.79 Å². The summed E-state index contributed by atoms with van der Waals surface area (Å²) in [6.45, 7) is 15.8. The van der Waals surface area contributed by atoms with E-state index in [0.29, 0.717) is 50.8 Å². The molecule has 3 heterocycles. The highest BCUT2D eigenvalue weighted by atomic mass is 35.5. The van der Waals surface area contributed by atoms with Crippen molar-refractivity contribution in [2.75, 3.05) is 18.5 Å². The van der Waals surface area contributed by atoms with Gasteiger partial charge in [-0.15, -0.1) is 0 Å². The third-order valence-electron chi connectivity index (χ3n) is 7.68. The molecule has 4 rings (SSSR count). The van der Waals surface area contributed by atoms with Crippen molar-refractivity contribution in [3.63, 3.8) is 0 Å². The van der Waals surface area contributed by atoms with E-state index in [9.17, 15) is 4.79 Å². The second kappa shape index (κ2) is 14.4. The van der Waals surface area contributed by atoms with Crippen LogP contribution in [0.4, 0.5) is 5.82 Å². The van der Waals surface area contributed by atoms with Crippen molar-refractivity contribution in [1.29, 1.82) is 0 Å². The Hall–Kier alpha value is -3.38. The van der Waals surface area contributed by atoms with E-state index >= 15 is 0 Å². The molecule has 12 heteroatoms. The number of nitrogens with one attached hydrogen (secondary N) is 1. The van der Waals surface area contributed by atoms with E-state index in [2.05, 4.69) is 66.9 Å². The van der Waals surface area contributed by atoms with Crippen LogP contribution >= 0.6 is 11.6 Å². The Labute approximate surface area is 259 Å². The number of nitrogens with zero attached hydrogens (tertiary/aromatic N) is 5. The molecular weight excluding hydrogens is 584 g/mol. The molecule has 0 aliphatic rings. The number of rotatable bonds is 14. The van der Waals surface area contributed by atoms with E-state index in [1.54, 1.807) is 41.3 Å². The first-order valence-electron chi connectivity index (χ1n) is 14.6. The van der Waals surface area contributed by atoms with Crippen LogP contribution in [0.25, 0.3) is 16.7 Å². The van der Waals surface area contributed by atoms with E-state index in [1.807, 2.05) is 25.1 Å². The third kappa shape index (κ3) is 7.41. The fourth-order valence-electron chi connectivity index (χ4n) is 5.72. The van der Waals surface area contributed by atoms with Crippen LogP contribution in [0.1, 0.15) is 48.5 Å². The second-order valence-corrected chi connectivity index (χ2v) is 17.4. The summed E-state index contributed by atoms with van der Waals surface area (Å²) in [7, 11) is -2.08. The maximum atomic E-state index is 13.5. The summed E-state index contributed by atoms with van der Waals surface area (Å²) in [5.41, 5.74) is 2.50. The van der Waals surface area contributed by atoms with Gasteiger partial charge in [0.15, 0.2) is 14.0 Å². The van der Waals surface area contributed by atoms with Crippen molar-refractivity contribution in [3.8, 4) is 11.6 Å². The molecule has 1 unspecified atom stereocenters. The number of fused-ring (bicyclic) bond motifs is 1. The van der Waals surface area contributed by atoms with Crippen LogP contribution in [0, 0.1) is 0 Å². The Bertz CT molecular complexity index is 1480. The van der Waals surface area contributed by atoms with E-state index in [1.165, 1.54) is 6.33 Å². The number of para-hydroxylation sites is 1. The number of benzene rings is 1. The highest BCUT2D eigenvalue weighted by molar-refractivity contribution is 6.77. The number of halogens is 1. The van der Waals surface area contributed by atoms with Crippen molar-refractivity contribution < 1.29 is 18.7 Å². The van der Waals surface area contributed by atoms with Crippen LogP contribution in [0.2, 0.25) is 21.6 Å². The molecule has 1 amide bonds. The zero-order valence-electron chi connectivity index (χ0n) is 25.8. The summed E-state index contributed by atoms with van der Waals surface area (Å²) in [4.78, 5) is 26.4. The Kier molecular flexibility index (Phi) is 10.9. The molecule has 0 aliphatic heterocycles. The fourth-order valence-corrected chi connectivity index (χ4v) is 11.5. The lowest BCUT2D eigenvalue weighted by molar-refractivity contribution is -0.127. The minimum Gasteiger partial charge on any atom is -0.461 e. The standard InChI is InChI=1S/C31H41ClN6O4Si/c1-20(2)43(21(3)4,22(5)6)41-17-23(7)40-18-27(30(39)37-28-14-10-11-15-33-28)42-31-24-16-36-38(29(24)34-19-35-31)26-13-9-8-12-25(26)32/h8-16,19-23,27H,17-18H2,1-7H3,(H,33,37,39)/t23?,27-/m0/s1. The normalized spacial score (nSPS) is 13.6. The SMILES string of the molecule is CC(CO[Si](C(C)C)(C(C)C)C(C)C)OC[C@H](Oc1ncnc2c1cnn2-c1ccccc1Cl)C(=O)Nc1ccccn1. The van der Waals surface area contributed by atoms with Gasteiger partial charge in [-0.05, 0) is 47.8 Å². The first-order chi connectivity index (χ1) is 20.5. The van der Waals surface area contributed by atoms with Crippen LogP contribution in [-0.4, -0.2) is 64.4 Å². The maximum Gasteiger partial charge on any atom is 0.269 e. The number of carbonyl (C=O) groups is 1. The molecule has 0 fully saturated rings. The first-order valence-corrected chi connectivity index (χ1v) is 17.1. The number of aromatic nitrogens is 5. The topological polar surface area (TPSA) is 113 Å². The van der Waals surface area contributed by atoms with Crippen LogP contribution < -0.4 is 10.1 Å². The zero-order valence-corrected chi connectivity index (χ0v) is 27.6. The highest BCUT2D eigenvalue weighted by Crippen LogP contribution is 2.42. The Morgan fingerprint density at radius 3 is 2.28 bits per heavy atom. The van der Waals surface area contributed by atoms with Gasteiger partial charge in [-0.25, -0.2) is 19.6 Å². The zero-order chi connectivity index (χ0) is 31.1. The van der Waals surface area contributed by atoms with Gasteiger partial charge in [0.1, 0.15) is 17.5 Å². The first kappa shape index (κ1) is 32.5. The maximum absolute atomic E-state index is 13.5. The Morgan fingerprint density at radius 1 is 0.930 bits per heavy atom. The lowest BCUT2D eigenvalue weighted by Crippen LogP contribution is -2.49. The number of amides is 1. The summed E-state index contributed by atoms with van der Waals surface area (Å²) >= 11 is 6.42. The van der Waals surface area contributed by atoms with Crippen molar-refractivity contribution in [2.45, 2.75) is 77.3 Å². The summed E-state index contributed by atoms with van der Waals surface area (Å²) in [5.74, 6) is 0.175. The lowest BCUT2D eigenvalue weighted by Gasteiger charge is -2.42. The largest absolute Gasteiger partial charge is 0.461 e. The minimum atomic E-state index is -2.08. The molecule has 2 atom stereocenters. The summed E-state index contributed by atoms with van der Waals surface area (Å²) in [6.07, 6.45) is 3.24. The monoisotopic (exact) mass is 624 g/mol. The summed E-state index contributed by atoms with van der Waals surface area (Å²) in [6, 6.07) is 12.6. The summed E-state index contributed by atoms with van der Waals surface area (Å²) in [5, 5.41) is 8.32. The molecule has 0 radical (unpaired) electrons. The van der Waals surface area contributed by atoms with E-state index in [0.717, 1.165) is 0 Å². The third-order valence-corrected chi connectivity index (χ3v) is 14.1. The van der Waals surface area contributed by atoms with Crippen molar-refractivity contribution >= 4 is 42.7 Å². The van der Waals surface area contributed by atoms with Crippen LogP contribution in [-0.2, 0) is 14.0 Å². The molecule has 4 aromatic rings. The quantitative estimate of drug-likeness (QED) is 0.152. The molecule has 0 aliphatic carbocycles. The smallest absolute Gasteiger partial charge is 0.269 e. The molecule has 10 nitrogen and oxygen atoms in total. The Balaban J connectivity index is 1.55. The average Bonchev–Trinajstić information content (AvgIpc) is 3.40. The number of carbonyl (C=O) groups excluding carboxylic acids is 1. The van der Waals surface area contributed by atoms with Gasteiger partial charge in [0.25, 0.3) is 5.91 Å². The molecule has 0 saturated carbocycles. The molecular formula is C31H41ClN6O4Si. The van der Waals surface area contributed by atoms with Crippen molar-refractivity contribution in [2.24, 2.45) is 0 Å². The predicted octanol–water partition coefficient (Wildman–Crippen LogP) is 6.85. The number of pyridine rings is 1. The van der Waals surface area contributed by atoms with Crippen LogP contribution in [0.15, 0.2) is 61.2 Å².